The van der Waals surface area contributed by atoms with E-state index in [0.29, 0.717) is 24.1 Å². The number of hydrogen-bond donors (Lipinski definition) is 1. The number of hydrogen-bond acceptors (Lipinski definition) is 8. The molecule has 0 amide bonds. The summed E-state index contributed by atoms with van der Waals surface area (Å²) in [6.45, 7) is -0.387. The molecular formula is C17H15F3N2O6S. The van der Waals surface area contributed by atoms with Gasteiger partial charge in [-0.1, -0.05) is 24.3 Å². The lowest BCUT2D eigenvalue weighted by molar-refractivity contribution is -0.141. The summed E-state index contributed by atoms with van der Waals surface area (Å²) in [4.78, 5) is 18.3. The van der Waals surface area contributed by atoms with Crippen molar-refractivity contribution in [2.75, 3.05) is 13.4 Å². The van der Waals surface area contributed by atoms with Crippen LogP contribution >= 0.6 is 0 Å². The van der Waals surface area contributed by atoms with Crippen molar-refractivity contribution in [1.29, 1.82) is 0 Å². The van der Waals surface area contributed by atoms with Gasteiger partial charge in [0.25, 0.3) is 5.16 Å². The highest BCUT2D eigenvalue weighted by molar-refractivity contribution is 7.90. The van der Waals surface area contributed by atoms with Crippen LogP contribution in [0.4, 0.5) is 13.2 Å². The second-order valence-corrected chi connectivity index (χ2v) is 7.53. The Bertz CT molecular complexity index is 1050. The Morgan fingerprint density at radius 2 is 1.90 bits per heavy atom. The lowest BCUT2D eigenvalue weighted by Gasteiger charge is -2.13. The molecular weight excluding hydrogens is 417 g/mol. The number of alkyl halides is 3. The molecule has 0 aliphatic heterocycles. The molecule has 1 aromatic heterocycles. The first-order valence-electron chi connectivity index (χ1n) is 7.77. The van der Waals surface area contributed by atoms with E-state index in [2.05, 4.69) is 14.7 Å². The highest BCUT2D eigenvalue weighted by atomic mass is 32.2. The third kappa shape index (κ3) is 5.44. The fourth-order valence-electron chi connectivity index (χ4n) is 2.19. The van der Waals surface area contributed by atoms with Gasteiger partial charge < -0.3 is 14.6 Å². The van der Waals surface area contributed by atoms with E-state index >= 15 is 0 Å². The topological polar surface area (TPSA) is 116 Å². The van der Waals surface area contributed by atoms with E-state index in [9.17, 15) is 31.5 Å². The van der Waals surface area contributed by atoms with E-state index in [1.54, 1.807) is 12.1 Å². The number of carbonyl (C=O) groups is 1. The number of aromatic nitrogens is 2. The molecule has 1 N–H and O–H groups in total. The number of nitrogens with zero attached hydrogens (tertiary/aromatic N) is 2. The van der Waals surface area contributed by atoms with Gasteiger partial charge in [-0.25, -0.2) is 18.2 Å². The molecule has 2 aromatic rings. The van der Waals surface area contributed by atoms with Crippen LogP contribution in [0.3, 0.4) is 0 Å². The molecule has 2 rings (SSSR count). The van der Waals surface area contributed by atoms with Gasteiger partial charge in [-0.2, -0.15) is 18.2 Å². The molecule has 0 aliphatic rings. The second-order valence-electron chi connectivity index (χ2n) is 5.62. The van der Waals surface area contributed by atoms with Gasteiger partial charge in [0.2, 0.25) is 15.7 Å². The van der Waals surface area contributed by atoms with Crippen molar-refractivity contribution < 1.29 is 41.0 Å². The molecule has 0 atom stereocenters. The maximum Gasteiger partial charge on any atom is 0.433 e. The highest BCUT2D eigenvalue weighted by Gasteiger charge is 2.35. The van der Waals surface area contributed by atoms with Crippen LogP contribution in [0.1, 0.15) is 16.8 Å². The Labute approximate surface area is 163 Å². The highest BCUT2D eigenvalue weighted by Crippen LogP contribution is 2.30. The first-order chi connectivity index (χ1) is 13.5. The van der Waals surface area contributed by atoms with E-state index < -0.39 is 38.7 Å². The molecule has 0 unspecified atom stereocenters. The lowest BCUT2D eigenvalue weighted by atomic mass is 10.0. The summed E-state index contributed by atoms with van der Waals surface area (Å²) in [6.07, 6.45) is -3.73. The molecule has 0 radical (unpaired) electrons. The molecule has 0 fully saturated rings. The minimum atomic E-state index is -4.92. The maximum absolute atomic E-state index is 13.0. The van der Waals surface area contributed by atoms with Crippen molar-refractivity contribution in [2.45, 2.75) is 17.9 Å². The molecule has 8 nitrogen and oxygen atoms in total. The van der Waals surface area contributed by atoms with Gasteiger partial charge in [-0.15, -0.1) is 0 Å². The largest absolute Gasteiger partial charge is 0.515 e. The number of ether oxygens (including phenoxy) is 2. The monoisotopic (exact) mass is 432 g/mol. The molecule has 156 valence electrons. The number of aliphatic hydroxyl groups is 1. The van der Waals surface area contributed by atoms with Gasteiger partial charge in [0.1, 0.15) is 12.2 Å². The summed E-state index contributed by atoms with van der Waals surface area (Å²) in [7, 11) is -3.03. The molecule has 12 heteroatoms. The zero-order chi connectivity index (χ0) is 21.8. The predicted octanol–water partition coefficient (Wildman–Crippen LogP) is 2.55. The van der Waals surface area contributed by atoms with Gasteiger partial charge >= 0.3 is 12.1 Å². The molecule has 1 heterocycles. The van der Waals surface area contributed by atoms with Gasteiger partial charge in [0, 0.05) is 12.3 Å². The van der Waals surface area contributed by atoms with Crippen LogP contribution in [-0.2, 0) is 32.2 Å². The van der Waals surface area contributed by atoms with Gasteiger partial charge in [-0.3, -0.25) is 0 Å². The predicted molar refractivity (Wildman–Crippen MR) is 93.5 cm³/mol. The Hall–Kier alpha value is -3.15. The van der Waals surface area contributed by atoms with Crippen LogP contribution in [0.15, 0.2) is 41.8 Å². The molecule has 0 spiro atoms. The van der Waals surface area contributed by atoms with Gasteiger partial charge in [0.15, 0.2) is 5.69 Å². The average Bonchev–Trinajstić information content (AvgIpc) is 2.66. The molecule has 1 aromatic carbocycles. The number of methoxy groups -OCH3 is 1. The fraction of sp³-hybridized carbons (Fsp3) is 0.235. The minimum absolute atomic E-state index is 0.204. The normalized spacial score (nSPS) is 12.5. The number of rotatable bonds is 6. The van der Waals surface area contributed by atoms with Crippen molar-refractivity contribution in [2.24, 2.45) is 0 Å². The van der Waals surface area contributed by atoms with Gasteiger partial charge in [-0.05, 0) is 11.1 Å². The second kappa shape index (κ2) is 8.47. The third-order valence-corrected chi connectivity index (χ3v) is 4.37. The average molecular weight is 432 g/mol. The molecule has 29 heavy (non-hydrogen) atoms. The Morgan fingerprint density at radius 3 is 2.45 bits per heavy atom. The number of aliphatic hydroxyl groups excluding tert-OH is 1. The van der Waals surface area contributed by atoms with E-state index in [1.165, 1.54) is 12.1 Å². The lowest BCUT2D eigenvalue weighted by Crippen LogP contribution is -2.15. The van der Waals surface area contributed by atoms with Gasteiger partial charge in [0.05, 0.1) is 13.4 Å². The summed E-state index contributed by atoms with van der Waals surface area (Å²) in [5.41, 5.74) is -1.19. The Kier molecular flexibility index (Phi) is 6.47. The SMILES string of the molecule is COC(=O)C(=CO)c1ccccc1COc1cc(C(F)(F)F)nc(S(C)(=O)=O)n1. The smallest absolute Gasteiger partial charge is 0.433 e. The zero-order valence-electron chi connectivity index (χ0n) is 15.1. The van der Waals surface area contributed by atoms with Crippen LogP contribution in [0.2, 0.25) is 0 Å². The number of esters is 1. The number of halogens is 3. The van der Waals surface area contributed by atoms with Crippen LogP contribution in [0.25, 0.3) is 5.57 Å². The van der Waals surface area contributed by atoms with Crippen LogP contribution in [-0.4, -0.2) is 42.8 Å². The molecule has 0 bridgehead atoms. The quantitative estimate of drug-likeness (QED) is 0.321. The Balaban J connectivity index is 2.42. The number of sulfone groups is 1. The van der Waals surface area contributed by atoms with E-state index in [-0.39, 0.29) is 17.7 Å². The number of carbonyl (C=O) groups excluding carboxylic acids is 1. The van der Waals surface area contributed by atoms with Crippen LogP contribution in [0.5, 0.6) is 5.88 Å². The summed E-state index contributed by atoms with van der Waals surface area (Å²) in [6, 6.07) is 6.53. The van der Waals surface area contributed by atoms with Crippen molar-refractivity contribution in [3.63, 3.8) is 0 Å². The third-order valence-electron chi connectivity index (χ3n) is 3.52. The van der Waals surface area contributed by atoms with Crippen molar-refractivity contribution in [3.05, 3.63) is 53.4 Å². The summed E-state index contributed by atoms with van der Waals surface area (Å²) >= 11 is 0. The van der Waals surface area contributed by atoms with E-state index in [1.807, 2.05) is 0 Å². The standard InChI is InChI=1S/C17H15F3N2O6S/c1-27-15(24)12(8-23)11-6-4-3-5-10(11)9-28-14-7-13(17(18,19)20)21-16(22-14)29(2,25)26/h3-8,23H,9H2,1-2H3. The summed E-state index contributed by atoms with van der Waals surface area (Å²) in [5.74, 6) is -1.48. The van der Waals surface area contributed by atoms with Crippen LogP contribution < -0.4 is 4.74 Å². The Morgan fingerprint density at radius 1 is 1.24 bits per heavy atom. The summed E-state index contributed by atoms with van der Waals surface area (Å²) < 4.78 is 72.0. The van der Waals surface area contributed by atoms with Crippen LogP contribution in [0, 0.1) is 0 Å². The molecule has 0 saturated heterocycles. The summed E-state index contributed by atoms with van der Waals surface area (Å²) in [5, 5.41) is 8.29. The van der Waals surface area contributed by atoms with E-state index in [4.69, 9.17) is 4.74 Å². The van der Waals surface area contributed by atoms with Crippen molar-refractivity contribution >= 4 is 21.4 Å². The van der Waals surface area contributed by atoms with Crippen molar-refractivity contribution in [3.8, 4) is 5.88 Å². The molecule has 0 aliphatic carbocycles. The fourth-order valence-corrected chi connectivity index (χ4v) is 2.71. The number of benzene rings is 1. The van der Waals surface area contributed by atoms with E-state index in [0.717, 1.165) is 7.11 Å². The first kappa shape index (κ1) is 22.1. The first-order valence-corrected chi connectivity index (χ1v) is 9.66. The maximum atomic E-state index is 13.0. The van der Waals surface area contributed by atoms with Crippen molar-refractivity contribution in [1.82, 2.24) is 9.97 Å². The zero-order valence-corrected chi connectivity index (χ0v) is 15.9. The molecule has 0 saturated carbocycles. The minimum Gasteiger partial charge on any atom is -0.515 e.